The van der Waals surface area contributed by atoms with Gasteiger partial charge in [-0.2, -0.15) is 0 Å². The van der Waals surface area contributed by atoms with Crippen LogP contribution in [0.3, 0.4) is 0 Å². The topological polar surface area (TPSA) is 46.9 Å². The van der Waals surface area contributed by atoms with Gasteiger partial charge in [0.1, 0.15) is 0 Å². The molecule has 1 fully saturated rings. The smallest absolute Gasteiger partial charge is 0.293 e. The molecule has 1 N–H and O–H groups in total. The molecule has 0 unspecified atom stereocenters. The van der Waals surface area contributed by atoms with Crippen LogP contribution in [0.15, 0.2) is 17.2 Å². The Morgan fingerprint density at radius 3 is 3.07 bits per heavy atom. The summed E-state index contributed by atoms with van der Waals surface area (Å²) in [7, 11) is 0. The highest BCUT2D eigenvalue weighted by atomic mass is 35.5. The van der Waals surface area contributed by atoms with Gasteiger partial charge in [-0.3, -0.25) is 4.79 Å². The van der Waals surface area contributed by atoms with Crippen LogP contribution in [0, 0.1) is 0 Å². The van der Waals surface area contributed by atoms with Crippen molar-refractivity contribution < 1.29 is 0 Å². The number of hydrogen-bond acceptors (Lipinski definition) is 3. The summed E-state index contributed by atoms with van der Waals surface area (Å²) in [5.41, 5.74) is -0.0189. The van der Waals surface area contributed by atoms with Gasteiger partial charge in [0.15, 0.2) is 5.82 Å². The maximum atomic E-state index is 11.8. The molecular weight excluding hydrogens is 214 g/mol. The number of anilines is 1. The molecule has 5 heteroatoms. The van der Waals surface area contributed by atoms with Crippen LogP contribution in [0.4, 0.5) is 5.82 Å². The van der Waals surface area contributed by atoms with E-state index in [1.807, 2.05) is 0 Å². The van der Waals surface area contributed by atoms with Gasteiger partial charge in [0.2, 0.25) is 0 Å². The first-order valence-corrected chi connectivity index (χ1v) is 5.73. The van der Waals surface area contributed by atoms with E-state index in [4.69, 9.17) is 11.6 Å². The number of nitrogens with one attached hydrogen (secondary N) is 1. The summed E-state index contributed by atoms with van der Waals surface area (Å²) in [5, 5.41) is 3.01. The highest BCUT2D eigenvalue weighted by Gasteiger charge is 2.25. The molecule has 0 aromatic carbocycles. The fourth-order valence-electron chi connectivity index (χ4n) is 1.46. The maximum absolute atomic E-state index is 11.8. The van der Waals surface area contributed by atoms with E-state index in [9.17, 15) is 4.79 Å². The van der Waals surface area contributed by atoms with Gasteiger partial charge in [-0.25, -0.2) is 4.98 Å². The molecule has 0 aliphatic heterocycles. The number of nitrogens with zero attached hydrogens (tertiary/aromatic N) is 2. The Bertz CT molecular complexity index is 386. The molecule has 1 aromatic heterocycles. The Kier molecular flexibility index (Phi) is 3.26. The normalized spacial score (nSPS) is 15.3. The van der Waals surface area contributed by atoms with Gasteiger partial charge in [0, 0.05) is 30.9 Å². The Morgan fingerprint density at radius 1 is 1.60 bits per heavy atom. The summed E-state index contributed by atoms with van der Waals surface area (Å²) in [5.74, 6) is 1.03. The molecule has 15 heavy (non-hydrogen) atoms. The van der Waals surface area contributed by atoms with Crippen LogP contribution in [0.1, 0.15) is 25.3 Å². The molecule has 2 rings (SSSR count). The van der Waals surface area contributed by atoms with Crippen molar-refractivity contribution in [2.24, 2.45) is 0 Å². The SMILES string of the molecule is O=c1c(NCCCCl)nccn1C1CC1. The third kappa shape index (κ3) is 2.50. The van der Waals surface area contributed by atoms with Crippen LogP contribution in [0.2, 0.25) is 0 Å². The molecule has 0 saturated heterocycles. The zero-order chi connectivity index (χ0) is 10.7. The summed E-state index contributed by atoms with van der Waals surface area (Å²) >= 11 is 5.56. The summed E-state index contributed by atoms with van der Waals surface area (Å²) < 4.78 is 1.76. The monoisotopic (exact) mass is 227 g/mol. The minimum absolute atomic E-state index is 0.0189. The number of halogens is 1. The van der Waals surface area contributed by atoms with Crippen molar-refractivity contribution in [3.8, 4) is 0 Å². The number of alkyl halides is 1. The van der Waals surface area contributed by atoms with Crippen molar-refractivity contribution in [1.29, 1.82) is 0 Å². The molecule has 0 spiro atoms. The van der Waals surface area contributed by atoms with Gasteiger partial charge < -0.3 is 9.88 Å². The molecule has 1 saturated carbocycles. The second-order valence-corrected chi connectivity index (χ2v) is 4.07. The van der Waals surface area contributed by atoms with Crippen molar-refractivity contribution in [3.63, 3.8) is 0 Å². The van der Waals surface area contributed by atoms with Gasteiger partial charge in [-0.15, -0.1) is 11.6 Å². The average Bonchev–Trinajstić information content (AvgIpc) is 3.05. The fourth-order valence-corrected chi connectivity index (χ4v) is 1.59. The van der Waals surface area contributed by atoms with Crippen LogP contribution in [-0.2, 0) is 0 Å². The minimum atomic E-state index is -0.0189. The predicted octanol–water partition coefficient (Wildman–Crippen LogP) is 1.62. The molecule has 1 aliphatic carbocycles. The molecule has 1 aliphatic rings. The quantitative estimate of drug-likeness (QED) is 0.614. The van der Waals surface area contributed by atoms with Crippen molar-refractivity contribution in [3.05, 3.63) is 22.7 Å². The van der Waals surface area contributed by atoms with Gasteiger partial charge in [0.25, 0.3) is 5.56 Å². The largest absolute Gasteiger partial charge is 0.365 e. The lowest BCUT2D eigenvalue weighted by atomic mass is 10.4. The van der Waals surface area contributed by atoms with Crippen LogP contribution >= 0.6 is 11.6 Å². The Labute approximate surface area is 93.3 Å². The van der Waals surface area contributed by atoms with Crippen LogP contribution in [-0.4, -0.2) is 22.0 Å². The first-order chi connectivity index (χ1) is 7.33. The van der Waals surface area contributed by atoms with Crippen LogP contribution in [0.25, 0.3) is 0 Å². The lowest BCUT2D eigenvalue weighted by Crippen LogP contribution is -2.24. The Morgan fingerprint density at radius 2 is 2.40 bits per heavy atom. The summed E-state index contributed by atoms with van der Waals surface area (Å²) in [6, 6.07) is 0.397. The standard InChI is InChI=1S/C10H14ClN3O/c11-4-1-5-12-9-10(15)14(7-6-13-9)8-2-3-8/h6-8H,1-5H2,(H,12,13). The second kappa shape index (κ2) is 4.66. The molecule has 0 amide bonds. The van der Waals surface area contributed by atoms with Crippen LogP contribution < -0.4 is 10.9 Å². The van der Waals surface area contributed by atoms with E-state index in [0.717, 1.165) is 19.3 Å². The third-order valence-electron chi connectivity index (χ3n) is 2.41. The van der Waals surface area contributed by atoms with Gasteiger partial charge in [0.05, 0.1) is 0 Å². The van der Waals surface area contributed by atoms with Gasteiger partial charge in [-0.1, -0.05) is 0 Å². The second-order valence-electron chi connectivity index (χ2n) is 3.69. The maximum Gasteiger partial charge on any atom is 0.293 e. The highest BCUT2D eigenvalue weighted by Crippen LogP contribution is 2.33. The van der Waals surface area contributed by atoms with Crippen molar-refractivity contribution in [2.45, 2.75) is 25.3 Å². The lowest BCUT2D eigenvalue weighted by Gasteiger charge is -2.06. The third-order valence-corrected chi connectivity index (χ3v) is 2.68. The van der Waals surface area contributed by atoms with Crippen molar-refractivity contribution in [2.75, 3.05) is 17.7 Å². The molecule has 0 atom stereocenters. The van der Waals surface area contributed by atoms with E-state index in [-0.39, 0.29) is 5.56 Å². The average molecular weight is 228 g/mol. The van der Waals surface area contributed by atoms with E-state index < -0.39 is 0 Å². The first-order valence-electron chi connectivity index (χ1n) is 5.20. The predicted molar refractivity (Wildman–Crippen MR) is 60.6 cm³/mol. The Balaban J connectivity index is 2.09. The van der Waals surface area contributed by atoms with Crippen molar-refractivity contribution >= 4 is 17.4 Å². The molecule has 4 nitrogen and oxygen atoms in total. The van der Waals surface area contributed by atoms with E-state index >= 15 is 0 Å². The van der Waals surface area contributed by atoms with E-state index in [2.05, 4.69) is 10.3 Å². The Hall–Kier alpha value is -1.03. The highest BCUT2D eigenvalue weighted by molar-refractivity contribution is 6.17. The molecule has 0 bridgehead atoms. The molecule has 82 valence electrons. The van der Waals surface area contributed by atoms with Gasteiger partial charge in [-0.05, 0) is 19.3 Å². The fraction of sp³-hybridized carbons (Fsp3) is 0.600. The lowest BCUT2D eigenvalue weighted by molar-refractivity contribution is 0.699. The van der Waals surface area contributed by atoms with Crippen molar-refractivity contribution in [1.82, 2.24) is 9.55 Å². The molecule has 1 heterocycles. The zero-order valence-electron chi connectivity index (χ0n) is 8.45. The molecule has 1 aromatic rings. The zero-order valence-corrected chi connectivity index (χ0v) is 9.20. The first kappa shape index (κ1) is 10.5. The molecular formula is C10H14ClN3O. The summed E-state index contributed by atoms with van der Waals surface area (Å²) in [6.45, 7) is 0.695. The number of rotatable bonds is 5. The number of hydrogen-bond donors (Lipinski definition) is 1. The number of aromatic nitrogens is 2. The summed E-state index contributed by atoms with van der Waals surface area (Å²) in [6.07, 6.45) is 6.46. The van der Waals surface area contributed by atoms with Crippen LogP contribution in [0.5, 0.6) is 0 Å². The van der Waals surface area contributed by atoms with Gasteiger partial charge >= 0.3 is 0 Å². The van der Waals surface area contributed by atoms with E-state index in [0.29, 0.717) is 24.3 Å². The van der Waals surface area contributed by atoms with E-state index in [1.165, 1.54) is 0 Å². The summed E-state index contributed by atoms with van der Waals surface area (Å²) in [4.78, 5) is 15.9. The molecule has 0 radical (unpaired) electrons. The van der Waals surface area contributed by atoms with E-state index in [1.54, 1.807) is 17.0 Å². The minimum Gasteiger partial charge on any atom is -0.365 e.